The summed E-state index contributed by atoms with van der Waals surface area (Å²) in [5, 5.41) is 0. The van der Waals surface area contributed by atoms with E-state index in [4.69, 9.17) is 0 Å². The van der Waals surface area contributed by atoms with Crippen LogP contribution in [0.2, 0.25) is 0 Å². The molecule has 2 aliphatic rings. The van der Waals surface area contributed by atoms with Gasteiger partial charge in [-0.15, -0.1) is 0 Å². The third kappa shape index (κ3) is 5.74. The Morgan fingerprint density at radius 3 is 1.22 bits per heavy atom. The number of nitrogens with zero attached hydrogens (tertiary/aromatic N) is 2. The number of carbonyl (C=O) groups excluding carboxylic acids is 2. The summed E-state index contributed by atoms with van der Waals surface area (Å²) < 4.78 is 0. The van der Waals surface area contributed by atoms with Gasteiger partial charge in [0.15, 0.2) is 0 Å². The second-order valence-corrected chi connectivity index (χ2v) is 4.95. The molecule has 0 aromatic carbocycles. The fourth-order valence-electron chi connectivity index (χ4n) is 2.24. The molecule has 0 amide bonds. The summed E-state index contributed by atoms with van der Waals surface area (Å²) in [5.41, 5.74) is 0. The molecule has 104 valence electrons. The first-order valence-corrected chi connectivity index (χ1v) is 7.13. The molecule has 2 aliphatic heterocycles. The lowest BCUT2D eigenvalue weighted by Crippen LogP contribution is -2.33. The van der Waals surface area contributed by atoms with E-state index < -0.39 is 0 Å². The Morgan fingerprint density at radius 2 is 1.00 bits per heavy atom. The second kappa shape index (κ2) is 8.38. The molecule has 2 heterocycles. The number of rotatable bonds is 2. The van der Waals surface area contributed by atoms with Crippen LogP contribution in [0.5, 0.6) is 0 Å². The van der Waals surface area contributed by atoms with Crippen LogP contribution in [0.3, 0.4) is 0 Å². The summed E-state index contributed by atoms with van der Waals surface area (Å²) >= 11 is 0. The molecular weight excluding hydrogens is 228 g/mol. The summed E-state index contributed by atoms with van der Waals surface area (Å²) in [7, 11) is 0. The smallest absolute Gasteiger partial charge is 0.135 e. The molecule has 4 heteroatoms. The third-order valence-corrected chi connectivity index (χ3v) is 3.72. The minimum absolute atomic E-state index is 0.430. The lowest BCUT2D eigenvalue weighted by atomic mass is 10.1. The molecule has 0 aromatic heterocycles. The van der Waals surface area contributed by atoms with Crippen LogP contribution in [-0.2, 0) is 9.59 Å². The van der Waals surface area contributed by atoms with Crippen molar-refractivity contribution >= 4 is 11.6 Å². The first-order valence-electron chi connectivity index (χ1n) is 7.13. The summed E-state index contributed by atoms with van der Waals surface area (Å²) in [4.78, 5) is 26.0. The predicted molar refractivity (Wildman–Crippen MR) is 72.7 cm³/mol. The van der Waals surface area contributed by atoms with Gasteiger partial charge >= 0.3 is 0 Å². The molecule has 2 rings (SSSR count). The predicted octanol–water partition coefficient (Wildman–Crippen LogP) is 1.34. The van der Waals surface area contributed by atoms with Gasteiger partial charge in [0.25, 0.3) is 0 Å². The number of Topliss-reactive ketones (excluding diaryl/α,β-unsaturated/α-hetero) is 2. The minimum atomic E-state index is 0.430. The number of likely N-dealkylation sites (tertiary alicyclic amines) is 2. The molecule has 0 aromatic rings. The Bertz CT molecular complexity index is 231. The molecule has 18 heavy (non-hydrogen) atoms. The van der Waals surface area contributed by atoms with Crippen molar-refractivity contribution < 1.29 is 9.59 Å². The highest BCUT2D eigenvalue weighted by Gasteiger charge is 2.13. The second-order valence-electron chi connectivity index (χ2n) is 4.95. The highest BCUT2D eigenvalue weighted by molar-refractivity contribution is 5.79. The van der Waals surface area contributed by atoms with Gasteiger partial charge in [0.1, 0.15) is 11.6 Å². The van der Waals surface area contributed by atoms with Crippen molar-refractivity contribution in [3.05, 3.63) is 0 Å². The maximum absolute atomic E-state index is 10.7. The van der Waals surface area contributed by atoms with Gasteiger partial charge in [-0.2, -0.15) is 0 Å². The van der Waals surface area contributed by atoms with Gasteiger partial charge in [-0.1, -0.05) is 13.8 Å². The van der Waals surface area contributed by atoms with Gasteiger partial charge in [-0.05, 0) is 13.1 Å². The molecule has 0 aliphatic carbocycles. The molecule has 0 bridgehead atoms. The molecule has 2 saturated heterocycles. The molecule has 0 N–H and O–H groups in total. The molecule has 0 unspecified atom stereocenters. The number of hydrogen-bond donors (Lipinski definition) is 0. The zero-order valence-corrected chi connectivity index (χ0v) is 11.8. The number of carbonyl (C=O) groups is 2. The molecule has 0 spiro atoms. The topological polar surface area (TPSA) is 40.6 Å². The highest BCUT2D eigenvalue weighted by Crippen LogP contribution is 2.04. The maximum Gasteiger partial charge on any atom is 0.135 e. The molecule has 4 nitrogen and oxygen atoms in total. The van der Waals surface area contributed by atoms with E-state index in [1.165, 1.54) is 0 Å². The fraction of sp³-hybridized carbons (Fsp3) is 0.857. The van der Waals surface area contributed by atoms with Gasteiger partial charge in [-0.3, -0.25) is 9.59 Å². The van der Waals surface area contributed by atoms with E-state index in [1.54, 1.807) is 0 Å². The van der Waals surface area contributed by atoms with Crippen molar-refractivity contribution in [3.63, 3.8) is 0 Å². The van der Waals surface area contributed by atoms with Crippen molar-refractivity contribution in [3.8, 4) is 0 Å². The van der Waals surface area contributed by atoms with Crippen LogP contribution in [0.25, 0.3) is 0 Å². The van der Waals surface area contributed by atoms with E-state index in [0.29, 0.717) is 11.6 Å². The Labute approximate surface area is 110 Å². The standard InChI is InChI=1S/2C7H13NO/c2*1-2-8-5-3-7(9)4-6-8/h2*2-6H2,1H3. The fourth-order valence-corrected chi connectivity index (χ4v) is 2.24. The Morgan fingerprint density at radius 1 is 0.722 bits per heavy atom. The first-order chi connectivity index (χ1) is 8.65. The third-order valence-electron chi connectivity index (χ3n) is 3.72. The monoisotopic (exact) mass is 254 g/mol. The van der Waals surface area contributed by atoms with E-state index in [2.05, 4.69) is 23.6 Å². The molecule has 0 radical (unpaired) electrons. The van der Waals surface area contributed by atoms with Crippen LogP contribution in [0.15, 0.2) is 0 Å². The minimum Gasteiger partial charge on any atom is -0.303 e. The molecule has 0 saturated carbocycles. The van der Waals surface area contributed by atoms with Gasteiger partial charge in [0.2, 0.25) is 0 Å². The Balaban J connectivity index is 0.000000180. The van der Waals surface area contributed by atoms with Crippen LogP contribution < -0.4 is 0 Å². The zero-order chi connectivity index (χ0) is 13.4. The number of hydrogen-bond acceptors (Lipinski definition) is 4. The molecule has 0 atom stereocenters. The lowest BCUT2D eigenvalue weighted by molar-refractivity contribution is -0.122. The molecule has 2 fully saturated rings. The summed E-state index contributed by atoms with van der Waals surface area (Å²) in [6, 6.07) is 0. The lowest BCUT2D eigenvalue weighted by Gasteiger charge is -2.23. The van der Waals surface area contributed by atoms with Crippen LogP contribution >= 0.6 is 0 Å². The van der Waals surface area contributed by atoms with Crippen molar-refractivity contribution in [2.75, 3.05) is 39.3 Å². The summed E-state index contributed by atoms with van der Waals surface area (Å²) in [5.74, 6) is 0.861. The van der Waals surface area contributed by atoms with Gasteiger partial charge in [0.05, 0.1) is 0 Å². The van der Waals surface area contributed by atoms with Gasteiger partial charge in [-0.25, -0.2) is 0 Å². The molecular formula is C14H26N2O2. The number of piperidine rings is 2. The van der Waals surface area contributed by atoms with Crippen LogP contribution in [0.1, 0.15) is 39.5 Å². The van der Waals surface area contributed by atoms with Crippen LogP contribution in [-0.4, -0.2) is 60.6 Å². The SMILES string of the molecule is CCN1CCC(=O)CC1.CCN1CCC(=O)CC1. The van der Waals surface area contributed by atoms with Crippen molar-refractivity contribution in [1.29, 1.82) is 0 Å². The summed E-state index contributed by atoms with van der Waals surface area (Å²) in [6.07, 6.45) is 3.09. The quantitative estimate of drug-likeness (QED) is 0.745. The van der Waals surface area contributed by atoms with E-state index in [-0.39, 0.29) is 0 Å². The van der Waals surface area contributed by atoms with Crippen LogP contribution in [0, 0.1) is 0 Å². The Hall–Kier alpha value is -0.740. The van der Waals surface area contributed by atoms with Gasteiger partial charge in [0, 0.05) is 51.9 Å². The van der Waals surface area contributed by atoms with E-state index in [0.717, 1.165) is 65.0 Å². The largest absolute Gasteiger partial charge is 0.303 e. The number of ketones is 2. The Kier molecular flexibility index (Phi) is 7.13. The van der Waals surface area contributed by atoms with Crippen molar-refractivity contribution in [1.82, 2.24) is 9.80 Å². The van der Waals surface area contributed by atoms with Crippen molar-refractivity contribution in [2.24, 2.45) is 0 Å². The van der Waals surface area contributed by atoms with Crippen LogP contribution in [0.4, 0.5) is 0 Å². The average Bonchev–Trinajstić information content (AvgIpc) is 2.41. The highest BCUT2D eigenvalue weighted by atomic mass is 16.1. The van der Waals surface area contributed by atoms with E-state index >= 15 is 0 Å². The van der Waals surface area contributed by atoms with Crippen molar-refractivity contribution in [2.45, 2.75) is 39.5 Å². The van der Waals surface area contributed by atoms with E-state index in [9.17, 15) is 9.59 Å². The van der Waals surface area contributed by atoms with E-state index in [1.807, 2.05) is 0 Å². The van der Waals surface area contributed by atoms with Gasteiger partial charge < -0.3 is 9.80 Å². The maximum atomic E-state index is 10.7. The first kappa shape index (κ1) is 15.3. The average molecular weight is 254 g/mol. The normalized spacial score (nSPS) is 22.6. The zero-order valence-electron chi connectivity index (χ0n) is 11.8. The summed E-state index contributed by atoms with van der Waals surface area (Å²) in [6.45, 7) is 10.4.